The van der Waals surface area contributed by atoms with Gasteiger partial charge in [0.05, 0.1) is 13.2 Å². The van der Waals surface area contributed by atoms with Crippen molar-refractivity contribution in [3.05, 3.63) is 63.6 Å². The molecule has 0 aromatic heterocycles. The van der Waals surface area contributed by atoms with Gasteiger partial charge in [-0.1, -0.05) is 40.2 Å². The number of aliphatic hydroxyl groups is 1. The number of rotatable bonds is 5. The molecule has 0 bridgehead atoms. The van der Waals surface area contributed by atoms with Crippen molar-refractivity contribution in [2.45, 2.75) is 18.9 Å². The Morgan fingerprint density at radius 3 is 2.29 bits per heavy atom. The zero-order chi connectivity index (χ0) is 15.4. The summed E-state index contributed by atoms with van der Waals surface area (Å²) in [7, 11) is 1.63. The molecule has 2 unspecified atom stereocenters. The van der Waals surface area contributed by atoms with E-state index in [9.17, 15) is 5.11 Å². The maximum atomic E-state index is 10.6. The van der Waals surface area contributed by atoms with Crippen LogP contribution in [0.5, 0.6) is 5.75 Å². The van der Waals surface area contributed by atoms with Crippen LogP contribution in [0.3, 0.4) is 0 Å². The number of aryl methyl sites for hydroxylation is 1. The van der Waals surface area contributed by atoms with E-state index < -0.39 is 6.10 Å². The Morgan fingerprint density at radius 2 is 1.76 bits per heavy atom. The predicted octanol–water partition coefficient (Wildman–Crippen LogP) is 3.54. The Bertz CT molecular complexity index is 598. The number of halogens is 1. The fourth-order valence-electron chi connectivity index (χ4n) is 2.32. The average Bonchev–Trinajstić information content (AvgIpc) is 2.51. The van der Waals surface area contributed by atoms with E-state index in [1.807, 2.05) is 49.4 Å². The van der Waals surface area contributed by atoms with Crippen molar-refractivity contribution in [1.82, 2.24) is 0 Å². The highest BCUT2D eigenvalue weighted by Gasteiger charge is 2.22. The minimum atomic E-state index is -0.639. The van der Waals surface area contributed by atoms with E-state index in [0.29, 0.717) is 6.54 Å². The smallest absolute Gasteiger partial charge is 0.118 e. The second kappa shape index (κ2) is 7.07. The summed E-state index contributed by atoms with van der Waals surface area (Å²) in [5.74, 6) is 0.646. The van der Waals surface area contributed by atoms with Gasteiger partial charge in [-0.3, -0.25) is 0 Å². The number of methoxy groups -OCH3 is 1. The second-order valence-corrected chi connectivity index (χ2v) is 5.92. The quantitative estimate of drug-likeness (QED) is 0.867. The molecule has 2 aromatic carbocycles. The highest BCUT2D eigenvalue weighted by atomic mass is 79.9. The highest BCUT2D eigenvalue weighted by molar-refractivity contribution is 9.10. The van der Waals surface area contributed by atoms with Gasteiger partial charge in [-0.15, -0.1) is 0 Å². The molecule has 0 fully saturated rings. The van der Waals surface area contributed by atoms with Crippen molar-refractivity contribution < 1.29 is 9.84 Å². The summed E-state index contributed by atoms with van der Waals surface area (Å²) in [5.41, 5.74) is 8.88. The lowest BCUT2D eigenvalue weighted by Gasteiger charge is -2.23. The van der Waals surface area contributed by atoms with E-state index in [4.69, 9.17) is 10.5 Å². The van der Waals surface area contributed by atoms with Crippen molar-refractivity contribution in [1.29, 1.82) is 0 Å². The van der Waals surface area contributed by atoms with Gasteiger partial charge in [0, 0.05) is 16.9 Å². The molecule has 0 heterocycles. The Balaban J connectivity index is 2.28. The standard InChI is InChI=1S/C17H20BrNO2/c1-11-3-4-13(9-16(11)18)17(20)15(10-19)12-5-7-14(21-2)8-6-12/h3-9,15,17,20H,10,19H2,1-2H3. The lowest BCUT2D eigenvalue weighted by atomic mass is 9.89. The first-order chi connectivity index (χ1) is 10.1. The number of nitrogens with two attached hydrogens (primary N) is 1. The molecule has 0 saturated heterocycles. The first-order valence-corrected chi connectivity index (χ1v) is 7.64. The largest absolute Gasteiger partial charge is 0.497 e. The van der Waals surface area contributed by atoms with Crippen molar-refractivity contribution in [2.75, 3.05) is 13.7 Å². The van der Waals surface area contributed by atoms with Gasteiger partial charge < -0.3 is 15.6 Å². The van der Waals surface area contributed by atoms with E-state index in [-0.39, 0.29) is 5.92 Å². The summed E-state index contributed by atoms with van der Waals surface area (Å²) in [6.45, 7) is 2.39. The van der Waals surface area contributed by atoms with Crippen LogP contribution in [0.2, 0.25) is 0 Å². The SMILES string of the molecule is COc1ccc(C(CN)C(O)c2ccc(C)c(Br)c2)cc1. The third-order valence-corrected chi connectivity index (χ3v) is 4.57. The van der Waals surface area contributed by atoms with Crippen LogP contribution in [0.15, 0.2) is 46.9 Å². The first-order valence-electron chi connectivity index (χ1n) is 6.85. The van der Waals surface area contributed by atoms with Crippen LogP contribution < -0.4 is 10.5 Å². The normalized spacial score (nSPS) is 13.8. The summed E-state index contributed by atoms with van der Waals surface area (Å²) >= 11 is 3.50. The molecule has 112 valence electrons. The molecule has 3 nitrogen and oxygen atoms in total. The second-order valence-electron chi connectivity index (χ2n) is 5.07. The Labute approximate surface area is 133 Å². The molecular formula is C17H20BrNO2. The Hall–Kier alpha value is -1.36. The van der Waals surface area contributed by atoms with Crippen molar-refractivity contribution >= 4 is 15.9 Å². The van der Waals surface area contributed by atoms with Crippen LogP contribution >= 0.6 is 15.9 Å². The molecule has 2 rings (SSSR count). The van der Waals surface area contributed by atoms with Gasteiger partial charge in [-0.25, -0.2) is 0 Å². The molecule has 3 N–H and O–H groups in total. The molecule has 21 heavy (non-hydrogen) atoms. The molecule has 4 heteroatoms. The van der Waals surface area contributed by atoms with E-state index in [0.717, 1.165) is 26.9 Å². The van der Waals surface area contributed by atoms with E-state index >= 15 is 0 Å². The van der Waals surface area contributed by atoms with E-state index in [1.54, 1.807) is 7.11 Å². The topological polar surface area (TPSA) is 55.5 Å². The van der Waals surface area contributed by atoms with Crippen molar-refractivity contribution in [3.8, 4) is 5.75 Å². The maximum absolute atomic E-state index is 10.6. The van der Waals surface area contributed by atoms with Gasteiger partial charge in [0.1, 0.15) is 5.75 Å². The minimum absolute atomic E-state index is 0.148. The number of benzene rings is 2. The Morgan fingerprint density at radius 1 is 1.14 bits per heavy atom. The van der Waals surface area contributed by atoms with Gasteiger partial charge >= 0.3 is 0 Å². The minimum Gasteiger partial charge on any atom is -0.497 e. The van der Waals surface area contributed by atoms with Crippen LogP contribution in [0.1, 0.15) is 28.7 Å². The summed E-state index contributed by atoms with van der Waals surface area (Å²) < 4.78 is 6.15. The lowest BCUT2D eigenvalue weighted by molar-refractivity contribution is 0.147. The number of aliphatic hydroxyl groups excluding tert-OH is 1. The first kappa shape index (κ1) is 16.0. The molecule has 0 aliphatic heterocycles. The van der Waals surface area contributed by atoms with Crippen LogP contribution in [-0.2, 0) is 0 Å². The summed E-state index contributed by atoms with van der Waals surface area (Å²) in [6.07, 6.45) is -0.639. The van der Waals surface area contributed by atoms with E-state index in [2.05, 4.69) is 15.9 Å². The Kier molecular flexibility index (Phi) is 5.39. The van der Waals surface area contributed by atoms with Gasteiger partial charge in [0.2, 0.25) is 0 Å². The zero-order valence-electron chi connectivity index (χ0n) is 12.2. The lowest BCUT2D eigenvalue weighted by Crippen LogP contribution is -2.20. The van der Waals surface area contributed by atoms with Crippen LogP contribution in [0.4, 0.5) is 0 Å². The highest BCUT2D eigenvalue weighted by Crippen LogP contribution is 2.32. The summed E-state index contributed by atoms with van der Waals surface area (Å²) in [4.78, 5) is 0. The van der Waals surface area contributed by atoms with Gasteiger partial charge in [-0.05, 0) is 41.8 Å². The van der Waals surface area contributed by atoms with Gasteiger partial charge in [0.25, 0.3) is 0 Å². The molecule has 2 aromatic rings. The molecule has 0 spiro atoms. The maximum Gasteiger partial charge on any atom is 0.118 e. The third-order valence-electron chi connectivity index (χ3n) is 3.72. The number of hydrogen-bond donors (Lipinski definition) is 2. The van der Waals surface area contributed by atoms with E-state index in [1.165, 1.54) is 0 Å². The monoisotopic (exact) mass is 349 g/mol. The molecule has 0 radical (unpaired) electrons. The molecule has 2 atom stereocenters. The summed E-state index contributed by atoms with van der Waals surface area (Å²) in [6, 6.07) is 13.5. The molecule has 0 saturated carbocycles. The third kappa shape index (κ3) is 3.64. The molecule has 0 amide bonds. The molecule has 0 aliphatic rings. The van der Waals surface area contributed by atoms with Crippen molar-refractivity contribution in [3.63, 3.8) is 0 Å². The van der Waals surface area contributed by atoms with Crippen LogP contribution in [0.25, 0.3) is 0 Å². The van der Waals surface area contributed by atoms with Crippen LogP contribution in [-0.4, -0.2) is 18.8 Å². The van der Waals surface area contributed by atoms with Crippen LogP contribution in [0, 0.1) is 6.92 Å². The number of ether oxygens (including phenoxy) is 1. The fraction of sp³-hybridized carbons (Fsp3) is 0.294. The fourth-order valence-corrected chi connectivity index (χ4v) is 2.72. The molecular weight excluding hydrogens is 330 g/mol. The van der Waals surface area contributed by atoms with Crippen molar-refractivity contribution in [2.24, 2.45) is 5.73 Å². The predicted molar refractivity (Wildman–Crippen MR) is 88.6 cm³/mol. The van der Waals surface area contributed by atoms with Gasteiger partial charge in [0.15, 0.2) is 0 Å². The zero-order valence-corrected chi connectivity index (χ0v) is 13.8. The summed E-state index contributed by atoms with van der Waals surface area (Å²) in [5, 5.41) is 10.6. The van der Waals surface area contributed by atoms with Gasteiger partial charge in [-0.2, -0.15) is 0 Å². The average molecular weight is 350 g/mol. The molecule has 0 aliphatic carbocycles. The number of hydrogen-bond acceptors (Lipinski definition) is 3.